The number of benzene rings is 3. The SMILES string of the molecule is Cc1ccc(S(=O)(=O)N(/C=C\I2OC(=O)c3ccccc32)c2ccccc2)cc1. The van der Waals surface area contributed by atoms with Gasteiger partial charge in [-0.15, -0.1) is 0 Å². The van der Waals surface area contributed by atoms with Crippen molar-refractivity contribution >= 4 is 41.9 Å². The quantitative estimate of drug-likeness (QED) is 0.439. The number of aryl methyl sites for hydroxylation is 1. The molecule has 3 aromatic rings. The van der Waals surface area contributed by atoms with E-state index in [9.17, 15) is 13.2 Å². The van der Waals surface area contributed by atoms with Gasteiger partial charge in [-0.05, 0) is 0 Å². The molecule has 0 saturated carbocycles. The van der Waals surface area contributed by atoms with Crippen LogP contribution in [0.4, 0.5) is 5.69 Å². The maximum atomic E-state index is 13.3. The Morgan fingerprint density at radius 3 is 2.28 bits per heavy atom. The van der Waals surface area contributed by atoms with Gasteiger partial charge in [0.05, 0.1) is 0 Å². The zero-order valence-corrected chi connectivity index (χ0v) is 18.5. The number of hydrogen-bond acceptors (Lipinski definition) is 4. The van der Waals surface area contributed by atoms with Gasteiger partial charge in [0.2, 0.25) is 0 Å². The first kappa shape index (κ1) is 19.7. The van der Waals surface area contributed by atoms with Crippen molar-refractivity contribution in [1.29, 1.82) is 0 Å². The number of carbonyl (C=O) groups excluding carboxylic acids is 1. The number of hydrogen-bond donors (Lipinski definition) is 0. The Kier molecular flexibility index (Phi) is 5.42. The van der Waals surface area contributed by atoms with Gasteiger partial charge in [-0.3, -0.25) is 0 Å². The zero-order chi connectivity index (χ0) is 20.4. The number of sulfonamides is 1. The van der Waals surface area contributed by atoms with Gasteiger partial charge in [0, 0.05) is 0 Å². The fourth-order valence-electron chi connectivity index (χ4n) is 2.85. The summed E-state index contributed by atoms with van der Waals surface area (Å²) in [6.07, 6.45) is 1.52. The van der Waals surface area contributed by atoms with Crippen LogP contribution in [0.1, 0.15) is 15.9 Å². The molecule has 0 saturated heterocycles. The molecule has 0 aliphatic carbocycles. The Labute approximate surface area is 177 Å². The van der Waals surface area contributed by atoms with Gasteiger partial charge in [-0.25, -0.2) is 0 Å². The van der Waals surface area contributed by atoms with E-state index in [1.807, 2.05) is 25.1 Å². The molecular formula is C22H18INO4S. The van der Waals surface area contributed by atoms with Crippen LogP contribution in [0.3, 0.4) is 0 Å². The number of nitrogens with zero attached hydrogens (tertiary/aromatic N) is 1. The number of halogens is 1. The fraction of sp³-hybridized carbons (Fsp3) is 0.0455. The van der Waals surface area contributed by atoms with Crippen LogP contribution >= 0.6 is 20.2 Å². The molecule has 4 rings (SSSR count). The van der Waals surface area contributed by atoms with E-state index in [-0.39, 0.29) is 10.9 Å². The van der Waals surface area contributed by atoms with Gasteiger partial charge in [0.25, 0.3) is 0 Å². The molecule has 0 unspecified atom stereocenters. The van der Waals surface area contributed by atoms with Crippen LogP contribution in [0.2, 0.25) is 0 Å². The first-order valence-corrected chi connectivity index (χ1v) is 13.5. The summed E-state index contributed by atoms with van der Waals surface area (Å²) in [6, 6.07) is 22.8. The monoisotopic (exact) mass is 519 g/mol. The van der Waals surface area contributed by atoms with Crippen LogP contribution in [-0.2, 0) is 13.1 Å². The van der Waals surface area contributed by atoms with E-state index in [1.165, 1.54) is 10.5 Å². The normalized spacial score (nSPS) is 14.7. The van der Waals surface area contributed by atoms with Crippen molar-refractivity contribution in [3.8, 4) is 0 Å². The number of rotatable bonds is 5. The second-order valence-corrected chi connectivity index (χ2v) is 12.1. The van der Waals surface area contributed by atoms with Gasteiger partial charge in [-0.1, -0.05) is 0 Å². The van der Waals surface area contributed by atoms with E-state index >= 15 is 0 Å². The van der Waals surface area contributed by atoms with Gasteiger partial charge in [-0.2, -0.15) is 0 Å². The molecule has 0 aromatic heterocycles. The van der Waals surface area contributed by atoms with Crippen molar-refractivity contribution in [2.75, 3.05) is 4.31 Å². The molecule has 0 spiro atoms. The van der Waals surface area contributed by atoms with E-state index in [4.69, 9.17) is 3.07 Å². The van der Waals surface area contributed by atoms with Crippen molar-refractivity contribution in [1.82, 2.24) is 0 Å². The summed E-state index contributed by atoms with van der Waals surface area (Å²) < 4.78 is 36.1. The Morgan fingerprint density at radius 2 is 1.55 bits per heavy atom. The second-order valence-electron chi connectivity index (χ2n) is 6.34. The predicted molar refractivity (Wildman–Crippen MR) is 121 cm³/mol. The van der Waals surface area contributed by atoms with Crippen LogP contribution in [0.25, 0.3) is 0 Å². The number of fused-ring (bicyclic) bond motifs is 1. The molecule has 0 amide bonds. The molecule has 0 radical (unpaired) electrons. The molecule has 0 fully saturated rings. The van der Waals surface area contributed by atoms with Crippen molar-refractivity contribution < 1.29 is 16.3 Å². The van der Waals surface area contributed by atoms with Crippen molar-refractivity contribution in [2.24, 2.45) is 0 Å². The van der Waals surface area contributed by atoms with Gasteiger partial charge < -0.3 is 0 Å². The minimum absolute atomic E-state index is 0.198. The Morgan fingerprint density at radius 1 is 0.897 bits per heavy atom. The molecule has 1 heterocycles. The van der Waals surface area contributed by atoms with E-state index in [0.29, 0.717) is 11.3 Å². The third-order valence-corrected chi connectivity index (χ3v) is 10.00. The summed E-state index contributed by atoms with van der Waals surface area (Å²) in [6.45, 7) is 1.91. The molecule has 29 heavy (non-hydrogen) atoms. The summed E-state index contributed by atoms with van der Waals surface area (Å²) >= 11 is -2.43. The minimum atomic E-state index is -3.82. The zero-order valence-electron chi connectivity index (χ0n) is 15.5. The summed E-state index contributed by atoms with van der Waals surface area (Å²) in [5.41, 5.74) is 2.06. The number of carbonyl (C=O) groups is 1. The van der Waals surface area contributed by atoms with E-state index < -0.39 is 30.3 Å². The molecule has 5 nitrogen and oxygen atoms in total. The molecule has 148 valence electrons. The molecule has 3 aromatic carbocycles. The van der Waals surface area contributed by atoms with E-state index in [1.54, 1.807) is 64.7 Å². The van der Waals surface area contributed by atoms with Crippen LogP contribution in [0, 0.1) is 10.5 Å². The summed E-state index contributed by atoms with van der Waals surface area (Å²) in [5.74, 6) is -0.344. The van der Waals surface area contributed by atoms with Crippen molar-refractivity contribution in [2.45, 2.75) is 11.8 Å². The molecule has 0 atom stereocenters. The second kappa shape index (κ2) is 8.00. The van der Waals surface area contributed by atoms with Crippen LogP contribution in [-0.4, -0.2) is 14.4 Å². The van der Waals surface area contributed by atoms with Crippen LogP contribution in [0.5, 0.6) is 0 Å². The van der Waals surface area contributed by atoms with E-state index in [2.05, 4.69) is 0 Å². The van der Waals surface area contributed by atoms with E-state index in [0.717, 1.165) is 9.13 Å². The first-order chi connectivity index (χ1) is 14.0. The van der Waals surface area contributed by atoms with Gasteiger partial charge in [0.15, 0.2) is 0 Å². The summed E-state index contributed by atoms with van der Waals surface area (Å²) in [5, 5.41) is 0. The predicted octanol–water partition coefficient (Wildman–Crippen LogP) is 5.12. The molecule has 7 heteroatoms. The Bertz CT molecular complexity index is 1170. The third-order valence-electron chi connectivity index (χ3n) is 4.34. The summed E-state index contributed by atoms with van der Waals surface area (Å²) in [7, 11) is -3.82. The first-order valence-electron chi connectivity index (χ1n) is 8.81. The Hall–Kier alpha value is -2.65. The van der Waals surface area contributed by atoms with Crippen LogP contribution in [0.15, 0.2) is 94.0 Å². The van der Waals surface area contributed by atoms with Crippen molar-refractivity contribution in [3.05, 3.63) is 104 Å². The standard InChI is InChI=1S/C22H18INO4S/c1-17-11-13-19(14-12-17)29(26,27)24(18-7-3-2-4-8-18)16-15-23-21-10-6-5-9-20(21)22(25)28-23/h2-16H,1H3/b16-15-. The van der Waals surface area contributed by atoms with Gasteiger partial charge in [0.1, 0.15) is 0 Å². The molecular weight excluding hydrogens is 501 g/mol. The average Bonchev–Trinajstić information content (AvgIpc) is 3.05. The Balaban J connectivity index is 1.74. The topological polar surface area (TPSA) is 63.7 Å². The summed E-state index contributed by atoms with van der Waals surface area (Å²) in [4.78, 5) is 12.3. The number of anilines is 1. The maximum absolute atomic E-state index is 13.3. The molecule has 0 N–H and O–H groups in total. The van der Waals surface area contributed by atoms with Crippen molar-refractivity contribution in [3.63, 3.8) is 0 Å². The third kappa shape index (κ3) is 3.92. The van der Waals surface area contributed by atoms with Crippen LogP contribution < -0.4 is 4.31 Å². The molecule has 0 bridgehead atoms. The number of para-hydroxylation sites is 1. The molecule has 1 aliphatic rings. The molecule has 1 aliphatic heterocycles. The average molecular weight is 519 g/mol. The fourth-order valence-corrected chi connectivity index (χ4v) is 7.98. The van der Waals surface area contributed by atoms with Gasteiger partial charge >= 0.3 is 178 Å².